The van der Waals surface area contributed by atoms with Gasteiger partial charge in [0.05, 0.1) is 0 Å². The molecule has 114 valence electrons. The third kappa shape index (κ3) is 3.55. The van der Waals surface area contributed by atoms with Crippen LogP contribution in [-0.2, 0) is 11.3 Å². The van der Waals surface area contributed by atoms with Crippen molar-refractivity contribution in [3.8, 4) is 0 Å². The SMILES string of the molecule is O=C([C@H](NCc1ccccc1)c1ccccc1)N1CCCC1. The first kappa shape index (κ1) is 14.8. The Morgan fingerprint density at radius 2 is 1.55 bits per heavy atom. The van der Waals surface area contributed by atoms with E-state index in [-0.39, 0.29) is 11.9 Å². The molecule has 0 spiro atoms. The maximum atomic E-state index is 12.8. The molecule has 0 aliphatic carbocycles. The molecule has 0 aromatic heterocycles. The van der Waals surface area contributed by atoms with Crippen molar-refractivity contribution in [2.24, 2.45) is 0 Å². The standard InChI is InChI=1S/C19H22N2O/c22-19(21-13-7-8-14-21)18(17-11-5-2-6-12-17)20-15-16-9-3-1-4-10-16/h1-6,9-12,18,20H,7-8,13-15H2/t18-/m1/s1. The molecule has 1 heterocycles. The Bertz CT molecular complexity index is 591. The summed E-state index contributed by atoms with van der Waals surface area (Å²) in [5, 5.41) is 3.44. The number of rotatable bonds is 5. The van der Waals surface area contributed by atoms with Crippen molar-refractivity contribution >= 4 is 5.91 Å². The quantitative estimate of drug-likeness (QED) is 0.919. The zero-order chi connectivity index (χ0) is 15.2. The molecule has 3 heteroatoms. The zero-order valence-electron chi connectivity index (χ0n) is 12.7. The molecule has 1 aliphatic rings. The van der Waals surface area contributed by atoms with Gasteiger partial charge in [-0.1, -0.05) is 60.7 Å². The Kier molecular flexibility index (Phi) is 4.86. The predicted molar refractivity (Wildman–Crippen MR) is 88.3 cm³/mol. The van der Waals surface area contributed by atoms with Gasteiger partial charge in [0.15, 0.2) is 0 Å². The van der Waals surface area contributed by atoms with Crippen LogP contribution in [0.15, 0.2) is 60.7 Å². The second-order valence-corrected chi connectivity index (χ2v) is 5.74. The third-order valence-corrected chi connectivity index (χ3v) is 4.15. The number of hydrogen-bond donors (Lipinski definition) is 1. The van der Waals surface area contributed by atoms with Gasteiger partial charge >= 0.3 is 0 Å². The van der Waals surface area contributed by atoms with Crippen molar-refractivity contribution in [3.05, 3.63) is 71.8 Å². The second kappa shape index (κ2) is 7.23. The summed E-state index contributed by atoms with van der Waals surface area (Å²) in [6, 6.07) is 20.0. The first-order valence-electron chi connectivity index (χ1n) is 7.95. The Morgan fingerprint density at radius 3 is 2.18 bits per heavy atom. The monoisotopic (exact) mass is 294 g/mol. The minimum Gasteiger partial charge on any atom is -0.341 e. The van der Waals surface area contributed by atoms with Crippen molar-refractivity contribution in [1.29, 1.82) is 0 Å². The number of nitrogens with one attached hydrogen (secondary N) is 1. The number of benzene rings is 2. The highest BCUT2D eigenvalue weighted by Gasteiger charge is 2.27. The molecule has 1 saturated heterocycles. The van der Waals surface area contributed by atoms with Crippen molar-refractivity contribution in [2.45, 2.75) is 25.4 Å². The summed E-state index contributed by atoms with van der Waals surface area (Å²) in [6.45, 7) is 2.46. The van der Waals surface area contributed by atoms with Crippen LogP contribution in [0.1, 0.15) is 30.0 Å². The Morgan fingerprint density at radius 1 is 0.955 bits per heavy atom. The highest BCUT2D eigenvalue weighted by Crippen LogP contribution is 2.19. The van der Waals surface area contributed by atoms with Crippen molar-refractivity contribution in [2.75, 3.05) is 13.1 Å². The van der Waals surface area contributed by atoms with E-state index in [2.05, 4.69) is 17.4 Å². The molecular weight excluding hydrogens is 272 g/mol. The van der Waals surface area contributed by atoms with E-state index < -0.39 is 0 Å². The van der Waals surface area contributed by atoms with Crippen LogP contribution in [0.3, 0.4) is 0 Å². The van der Waals surface area contributed by atoms with E-state index in [9.17, 15) is 4.79 Å². The number of likely N-dealkylation sites (tertiary alicyclic amines) is 1. The lowest BCUT2D eigenvalue weighted by Gasteiger charge is -2.24. The molecule has 3 nitrogen and oxygen atoms in total. The lowest BCUT2D eigenvalue weighted by molar-refractivity contribution is -0.132. The van der Waals surface area contributed by atoms with Gasteiger partial charge in [-0.3, -0.25) is 10.1 Å². The van der Waals surface area contributed by atoms with E-state index in [1.807, 2.05) is 53.4 Å². The van der Waals surface area contributed by atoms with Crippen LogP contribution in [0.4, 0.5) is 0 Å². The first-order valence-corrected chi connectivity index (χ1v) is 7.95. The summed E-state index contributed by atoms with van der Waals surface area (Å²) in [6.07, 6.45) is 2.23. The Balaban J connectivity index is 1.75. The smallest absolute Gasteiger partial charge is 0.244 e. The largest absolute Gasteiger partial charge is 0.341 e. The minimum atomic E-state index is -0.264. The highest BCUT2D eigenvalue weighted by atomic mass is 16.2. The molecule has 0 bridgehead atoms. The van der Waals surface area contributed by atoms with E-state index in [1.54, 1.807) is 0 Å². The number of carbonyl (C=O) groups is 1. The molecule has 0 unspecified atom stereocenters. The zero-order valence-corrected chi connectivity index (χ0v) is 12.7. The van der Waals surface area contributed by atoms with E-state index in [1.165, 1.54) is 5.56 Å². The molecule has 0 saturated carbocycles. The molecule has 3 rings (SSSR count). The fourth-order valence-corrected chi connectivity index (χ4v) is 2.93. The van der Waals surface area contributed by atoms with Gasteiger partial charge in [0, 0.05) is 19.6 Å². The van der Waals surface area contributed by atoms with Crippen LogP contribution in [0, 0.1) is 0 Å². The molecule has 1 aliphatic heterocycles. The molecule has 1 amide bonds. The third-order valence-electron chi connectivity index (χ3n) is 4.15. The molecule has 1 N–H and O–H groups in total. The van der Waals surface area contributed by atoms with Crippen LogP contribution >= 0.6 is 0 Å². The van der Waals surface area contributed by atoms with Crippen LogP contribution < -0.4 is 5.32 Å². The van der Waals surface area contributed by atoms with Crippen molar-refractivity contribution in [1.82, 2.24) is 10.2 Å². The summed E-state index contributed by atoms with van der Waals surface area (Å²) in [7, 11) is 0. The maximum Gasteiger partial charge on any atom is 0.244 e. The average molecular weight is 294 g/mol. The van der Waals surface area contributed by atoms with Crippen LogP contribution in [0.25, 0.3) is 0 Å². The van der Waals surface area contributed by atoms with Gasteiger partial charge in [-0.15, -0.1) is 0 Å². The van der Waals surface area contributed by atoms with Gasteiger partial charge in [-0.05, 0) is 24.0 Å². The molecule has 1 fully saturated rings. The maximum absolute atomic E-state index is 12.8. The molecule has 0 radical (unpaired) electrons. The summed E-state index contributed by atoms with van der Waals surface area (Å²) in [4.78, 5) is 14.8. The van der Waals surface area contributed by atoms with E-state index in [4.69, 9.17) is 0 Å². The van der Waals surface area contributed by atoms with Gasteiger partial charge < -0.3 is 4.90 Å². The fourth-order valence-electron chi connectivity index (χ4n) is 2.93. The van der Waals surface area contributed by atoms with Gasteiger partial charge in [-0.2, -0.15) is 0 Å². The first-order chi connectivity index (χ1) is 10.8. The minimum absolute atomic E-state index is 0.194. The topological polar surface area (TPSA) is 32.3 Å². The number of nitrogens with zero attached hydrogens (tertiary/aromatic N) is 1. The lowest BCUT2D eigenvalue weighted by atomic mass is 10.0. The summed E-state index contributed by atoms with van der Waals surface area (Å²) < 4.78 is 0. The van der Waals surface area contributed by atoms with E-state index in [0.29, 0.717) is 6.54 Å². The summed E-state index contributed by atoms with van der Waals surface area (Å²) >= 11 is 0. The Hall–Kier alpha value is -2.13. The average Bonchev–Trinajstić information content (AvgIpc) is 3.11. The number of carbonyl (C=O) groups excluding carboxylic acids is 1. The van der Waals surface area contributed by atoms with Crippen LogP contribution in [0.5, 0.6) is 0 Å². The lowest BCUT2D eigenvalue weighted by Crippen LogP contribution is -2.39. The van der Waals surface area contributed by atoms with Crippen molar-refractivity contribution in [3.63, 3.8) is 0 Å². The predicted octanol–water partition coefficient (Wildman–Crippen LogP) is 3.14. The molecule has 2 aromatic carbocycles. The van der Waals surface area contributed by atoms with Gasteiger partial charge in [0.2, 0.25) is 5.91 Å². The van der Waals surface area contributed by atoms with Gasteiger partial charge in [0.25, 0.3) is 0 Å². The molecular formula is C19H22N2O. The van der Waals surface area contributed by atoms with Crippen LogP contribution in [-0.4, -0.2) is 23.9 Å². The van der Waals surface area contributed by atoms with Gasteiger partial charge in [-0.25, -0.2) is 0 Å². The number of amides is 1. The normalized spacial score (nSPS) is 15.7. The molecule has 1 atom stereocenters. The van der Waals surface area contributed by atoms with Crippen molar-refractivity contribution < 1.29 is 4.79 Å². The Labute approximate surface area is 132 Å². The number of hydrogen-bond acceptors (Lipinski definition) is 2. The molecule has 22 heavy (non-hydrogen) atoms. The summed E-state index contributed by atoms with van der Waals surface area (Å²) in [5.74, 6) is 0.194. The van der Waals surface area contributed by atoms with Crippen LogP contribution in [0.2, 0.25) is 0 Å². The fraction of sp³-hybridized carbons (Fsp3) is 0.316. The van der Waals surface area contributed by atoms with E-state index >= 15 is 0 Å². The summed E-state index contributed by atoms with van der Waals surface area (Å²) in [5.41, 5.74) is 2.23. The highest BCUT2D eigenvalue weighted by molar-refractivity contribution is 5.83. The second-order valence-electron chi connectivity index (χ2n) is 5.74. The molecule has 2 aromatic rings. The van der Waals surface area contributed by atoms with E-state index in [0.717, 1.165) is 31.5 Å². The van der Waals surface area contributed by atoms with Gasteiger partial charge in [0.1, 0.15) is 6.04 Å².